The number of imidazole rings is 1. The molecule has 0 atom stereocenters. The second-order valence-electron chi connectivity index (χ2n) is 8.37. The number of amides is 1. The molecule has 2 heterocycles. The Labute approximate surface area is 155 Å². The zero-order chi connectivity index (χ0) is 17.7. The number of carbonyl (C=O) groups is 1. The van der Waals surface area contributed by atoms with Gasteiger partial charge in [-0.3, -0.25) is 4.79 Å². The van der Waals surface area contributed by atoms with Crippen LogP contribution in [0.25, 0.3) is 0 Å². The van der Waals surface area contributed by atoms with Crippen LogP contribution >= 0.6 is 0 Å². The fourth-order valence-corrected chi connectivity index (χ4v) is 4.72. The van der Waals surface area contributed by atoms with E-state index in [-0.39, 0.29) is 5.41 Å². The molecule has 3 fully saturated rings. The van der Waals surface area contributed by atoms with E-state index in [1.165, 1.54) is 29.9 Å². The minimum atomic E-state index is -0.224. The van der Waals surface area contributed by atoms with Gasteiger partial charge in [0.05, 0.1) is 5.41 Å². The Morgan fingerprint density at radius 1 is 1.08 bits per heavy atom. The minimum absolute atomic E-state index is 0.224. The van der Waals surface area contributed by atoms with Gasteiger partial charge in [0.15, 0.2) is 0 Å². The van der Waals surface area contributed by atoms with Crippen molar-refractivity contribution in [3.05, 3.63) is 53.6 Å². The van der Waals surface area contributed by atoms with E-state index in [0.29, 0.717) is 17.9 Å². The molecule has 1 aromatic heterocycles. The molecule has 1 aromatic carbocycles. The molecule has 2 saturated carbocycles. The topological polar surface area (TPSA) is 38.1 Å². The SMILES string of the molecule is Cc1cnc(C2CC2)n1C1CCN(C(=O)C2(c3ccccc3)CC2)CC1. The van der Waals surface area contributed by atoms with Crippen LogP contribution < -0.4 is 0 Å². The van der Waals surface area contributed by atoms with Gasteiger partial charge in [-0.25, -0.2) is 4.98 Å². The highest BCUT2D eigenvalue weighted by atomic mass is 16.2. The van der Waals surface area contributed by atoms with Crippen LogP contribution in [0, 0.1) is 6.92 Å². The van der Waals surface area contributed by atoms with Crippen molar-refractivity contribution in [3.8, 4) is 0 Å². The van der Waals surface area contributed by atoms with Crippen LogP contribution in [0.1, 0.15) is 67.6 Å². The number of benzene rings is 1. The highest BCUT2D eigenvalue weighted by molar-refractivity contribution is 5.91. The summed E-state index contributed by atoms with van der Waals surface area (Å²) in [6, 6.07) is 10.9. The highest BCUT2D eigenvalue weighted by Crippen LogP contribution is 2.50. The number of aromatic nitrogens is 2. The molecule has 1 aliphatic heterocycles. The number of piperidine rings is 1. The molecule has 0 unspecified atom stereocenters. The first-order chi connectivity index (χ1) is 12.7. The third kappa shape index (κ3) is 2.58. The first-order valence-electron chi connectivity index (χ1n) is 10.1. The summed E-state index contributed by atoms with van der Waals surface area (Å²) < 4.78 is 2.48. The Hall–Kier alpha value is -2.10. The van der Waals surface area contributed by atoms with Gasteiger partial charge in [-0.15, -0.1) is 0 Å². The largest absolute Gasteiger partial charge is 0.342 e. The first-order valence-corrected chi connectivity index (χ1v) is 10.1. The van der Waals surface area contributed by atoms with Gasteiger partial charge in [-0.1, -0.05) is 30.3 Å². The smallest absolute Gasteiger partial charge is 0.233 e. The van der Waals surface area contributed by atoms with E-state index in [4.69, 9.17) is 0 Å². The number of rotatable bonds is 4. The second kappa shape index (κ2) is 5.97. The van der Waals surface area contributed by atoms with Crippen LogP contribution in [0.4, 0.5) is 0 Å². The van der Waals surface area contributed by atoms with Crippen molar-refractivity contribution >= 4 is 5.91 Å². The monoisotopic (exact) mass is 349 g/mol. The Balaban J connectivity index is 1.29. The zero-order valence-corrected chi connectivity index (χ0v) is 15.5. The zero-order valence-electron chi connectivity index (χ0n) is 15.5. The second-order valence-corrected chi connectivity index (χ2v) is 8.37. The van der Waals surface area contributed by atoms with Crippen molar-refractivity contribution in [1.29, 1.82) is 0 Å². The quantitative estimate of drug-likeness (QED) is 0.838. The summed E-state index contributed by atoms with van der Waals surface area (Å²) in [5.41, 5.74) is 2.26. The summed E-state index contributed by atoms with van der Waals surface area (Å²) >= 11 is 0. The molecule has 26 heavy (non-hydrogen) atoms. The molecular formula is C22H27N3O. The predicted molar refractivity (Wildman–Crippen MR) is 101 cm³/mol. The molecule has 1 saturated heterocycles. The molecule has 2 aliphatic carbocycles. The maximum absolute atomic E-state index is 13.2. The third-order valence-electron chi connectivity index (χ3n) is 6.56. The van der Waals surface area contributed by atoms with Gasteiger partial charge < -0.3 is 9.47 Å². The summed E-state index contributed by atoms with van der Waals surface area (Å²) in [4.78, 5) is 20.0. The average Bonchev–Trinajstić information content (AvgIpc) is 3.61. The van der Waals surface area contributed by atoms with Gasteiger partial charge in [-0.05, 0) is 51.0 Å². The standard InChI is InChI=1S/C22H27N3O/c1-16-15-23-20(17-7-8-17)25(16)19-9-13-24(14-10-19)21(26)22(11-12-22)18-5-3-2-4-6-18/h2-6,15,17,19H,7-14H2,1H3. The summed E-state index contributed by atoms with van der Waals surface area (Å²) in [5, 5.41) is 0. The summed E-state index contributed by atoms with van der Waals surface area (Å²) in [6.45, 7) is 3.92. The van der Waals surface area contributed by atoms with Crippen molar-refractivity contribution in [1.82, 2.24) is 14.5 Å². The van der Waals surface area contributed by atoms with E-state index < -0.39 is 0 Å². The van der Waals surface area contributed by atoms with Crippen LogP contribution in [0.15, 0.2) is 36.5 Å². The number of hydrogen-bond donors (Lipinski definition) is 0. The van der Waals surface area contributed by atoms with Crippen LogP contribution in [0.3, 0.4) is 0 Å². The molecule has 0 spiro atoms. The van der Waals surface area contributed by atoms with Gasteiger partial charge in [-0.2, -0.15) is 0 Å². The van der Waals surface area contributed by atoms with Crippen molar-refractivity contribution < 1.29 is 4.79 Å². The molecule has 0 bridgehead atoms. The molecule has 2 aromatic rings. The van der Waals surface area contributed by atoms with Crippen molar-refractivity contribution in [2.75, 3.05) is 13.1 Å². The van der Waals surface area contributed by atoms with Gasteiger partial charge in [0.1, 0.15) is 5.82 Å². The molecule has 5 rings (SSSR count). The average molecular weight is 349 g/mol. The molecule has 1 amide bonds. The fourth-order valence-electron chi connectivity index (χ4n) is 4.72. The van der Waals surface area contributed by atoms with Crippen molar-refractivity contribution in [2.45, 2.75) is 62.8 Å². The van der Waals surface area contributed by atoms with Gasteiger partial charge >= 0.3 is 0 Å². The Morgan fingerprint density at radius 2 is 1.77 bits per heavy atom. The van der Waals surface area contributed by atoms with E-state index in [0.717, 1.165) is 38.8 Å². The lowest BCUT2D eigenvalue weighted by Gasteiger charge is -2.36. The van der Waals surface area contributed by atoms with E-state index in [1.807, 2.05) is 12.3 Å². The summed E-state index contributed by atoms with van der Waals surface area (Å²) in [5.74, 6) is 2.32. The Morgan fingerprint density at radius 3 is 2.38 bits per heavy atom. The van der Waals surface area contributed by atoms with Crippen LogP contribution in [0.2, 0.25) is 0 Å². The van der Waals surface area contributed by atoms with Gasteiger partial charge in [0.2, 0.25) is 5.91 Å². The molecule has 4 heteroatoms. The molecule has 0 radical (unpaired) electrons. The van der Waals surface area contributed by atoms with E-state index in [9.17, 15) is 4.79 Å². The molecular weight excluding hydrogens is 322 g/mol. The fraction of sp³-hybridized carbons (Fsp3) is 0.545. The Bertz CT molecular complexity index is 809. The van der Waals surface area contributed by atoms with E-state index >= 15 is 0 Å². The molecule has 4 nitrogen and oxygen atoms in total. The lowest BCUT2D eigenvalue weighted by Crippen LogP contribution is -2.44. The lowest BCUT2D eigenvalue weighted by atomic mass is 9.93. The summed E-state index contributed by atoms with van der Waals surface area (Å²) in [6.07, 6.45) is 8.70. The van der Waals surface area contributed by atoms with Crippen LogP contribution in [-0.2, 0) is 10.2 Å². The highest BCUT2D eigenvalue weighted by Gasteiger charge is 2.53. The number of likely N-dealkylation sites (tertiary alicyclic amines) is 1. The van der Waals surface area contributed by atoms with Gasteiger partial charge in [0, 0.05) is 36.9 Å². The van der Waals surface area contributed by atoms with E-state index in [2.05, 4.69) is 45.6 Å². The predicted octanol–water partition coefficient (Wildman–Crippen LogP) is 3.96. The van der Waals surface area contributed by atoms with Crippen molar-refractivity contribution in [3.63, 3.8) is 0 Å². The van der Waals surface area contributed by atoms with Gasteiger partial charge in [0.25, 0.3) is 0 Å². The van der Waals surface area contributed by atoms with E-state index in [1.54, 1.807) is 0 Å². The normalized spacial score (nSPS) is 22.4. The number of aryl methyl sites for hydroxylation is 1. The number of nitrogens with zero attached hydrogens (tertiary/aromatic N) is 3. The molecule has 136 valence electrons. The Kier molecular flexibility index (Phi) is 3.70. The summed E-state index contributed by atoms with van der Waals surface area (Å²) in [7, 11) is 0. The lowest BCUT2D eigenvalue weighted by molar-refractivity contribution is -0.135. The maximum atomic E-state index is 13.2. The van der Waals surface area contributed by atoms with Crippen LogP contribution in [0.5, 0.6) is 0 Å². The van der Waals surface area contributed by atoms with Crippen LogP contribution in [-0.4, -0.2) is 33.4 Å². The number of hydrogen-bond acceptors (Lipinski definition) is 2. The molecule has 0 N–H and O–H groups in total. The first kappa shape index (κ1) is 16.1. The third-order valence-corrected chi connectivity index (χ3v) is 6.56. The number of carbonyl (C=O) groups excluding carboxylic acids is 1. The maximum Gasteiger partial charge on any atom is 0.233 e. The minimum Gasteiger partial charge on any atom is -0.342 e. The van der Waals surface area contributed by atoms with Crippen molar-refractivity contribution in [2.24, 2.45) is 0 Å². The molecule has 3 aliphatic rings.